The minimum absolute atomic E-state index is 0.0137. The molecule has 0 aromatic heterocycles. The van der Waals surface area contributed by atoms with Crippen LogP contribution in [0.1, 0.15) is 29.3 Å². The van der Waals surface area contributed by atoms with E-state index in [1.807, 2.05) is 13.0 Å². The number of carbonyl (C=O) groups is 2. The molecule has 0 unspecified atom stereocenters. The van der Waals surface area contributed by atoms with Crippen LogP contribution in [0, 0.1) is 0 Å². The second kappa shape index (κ2) is 8.67. The molecule has 0 saturated heterocycles. The van der Waals surface area contributed by atoms with Crippen LogP contribution in [0.3, 0.4) is 0 Å². The van der Waals surface area contributed by atoms with Crippen molar-refractivity contribution in [1.82, 2.24) is 0 Å². The van der Waals surface area contributed by atoms with Crippen LogP contribution < -0.4 is 4.74 Å². The lowest BCUT2D eigenvalue weighted by atomic mass is 10.0. The first-order valence-electron chi connectivity index (χ1n) is 7.78. The molecule has 0 heterocycles. The molecule has 0 aliphatic heterocycles. The highest BCUT2D eigenvalue weighted by Gasteiger charge is 2.21. The van der Waals surface area contributed by atoms with E-state index in [0.29, 0.717) is 17.7 Å². The third-order valence-corrected chi connectivity index (χ3v) is 3.36. The van der Waals surface area contributed by atoms with Crippen molar-refractivity contribution < 1.29 is 19.1 Å². The van der Waals surface area contributed by atoms with Crippen LogP contribution in [0.15, 0.2) is 60.2 Å². The van der Waals surface area contributed by atoms with E-state index in [-0.39, 0.29) is 18.0 Å². The molecule has 4 nitrogen and oxygen atoms in total. The summed E-state index contributed by atoms with van der Waals surface area (Å²) >= 11 is 0. The van der Waals surface area contributed by atoms with E-state index in [0.717, 1.165) is 5.56 Å². The third-order valence-electron chi connectivity index (χ3n) is 3.36. The average molecular weight is 324 g/mol. The van der Waals surface area contributed by atoms with Gasteiger partial charge in [-0.2, -0.15) is 0 Å². The highest BCUT2D eigenvalue weighted by Crippen LogP contribution is 2.17. The minimum atomic E-state index is -0.610. The number of hydrogen-bond donors (Lipinski definition) is 0. The lowest BCUT2D eigenvalue weighted by Crippen LogP contribution is -2.16. The maximum atomic E-state index is 12.7. The first kappa shape index (κ1) is 17.5. The fourth-order valence-corrected chi connectivity index (χ4v) is 2.10. The van der Waals surface area contributed by atoms with E-state index in [9.17, 15) is 9.59 Å². The van der Waals surface area contributed by atoms with Crippen molar-refractivity contribution in [3.05, 3.63) is 71.3 Å². The number of ketones is 1. The molecule has 0 bridgehead atoms. The summed E-state index contributed by atoms with van der Waals surface area (Å²) < 4.78 is 10.3. The van der Waals surface area contributed by atoms with Crippen LogP contribution in [0.25, 0.3) is 6.08 Å². The maximum Gasteiger partial charge on any atom is 0.342 e. The van der Waals surface area contributed by atoms with Gasteiger partial charge in [-0.05, 0) is 30.2 Å². The van der Waals surface area contributed by atoms with Gasteiger partial charge in [-0.1, -0.05) is 49.4 Å². The predicted molar refractivity (Wildman–Crippen MR) is 93.0 cm³/mol. The molecule has 124 valence electrons. The zero-order chi connectivity index (χ0) is 17.4. The summed E-state index contributed by atoms with van der Waals surface area (Å²) in [6, 6.07) is 15.8. The van der Waals surface area contributed by atoms with Crippen LogP contribution in [0.2, 0.25) is 0 Å². The average Bonchev–Trinajstić information content (AvgIpc) is 2.64. The fraction of sp³-hybridized carbons (Fsp3) is 0.200. The van der Waals surface area contributed by atoms with Gasteiger partial charge in [0.1, 0.15) is 11.3 Å². The van der Waals surface area contributed by atoms with E-state index in [4.69, 9.17) is 9.47 Å². The summed E-state index contributed by atoms with van der Waals surface area (Å²) in [4.78, 5) is 25.0. The Labute approximate surface area is 141 Å². The number of Topliss-reactive ketones (excluding diaryl/α,β-unsaturated/α-hetero) is 1. The summed E-state index contributed by atoms with van der Waals surface area (Å²) in [7, 11) is 1.58. The monoisotopic (exact) mass is 324 g/mol. The second-order valence-electron chi connectivity index (χ2n) is 5.16. The lowest BCUT2D eigenvalue weighted by Gasteiger charge is -2.08. The largest absolute Gasteiger partial charge is 0.497 e. The number of ether oxygens (including phenoxy) is 2. The Morgan fingerprint density at radius 3 is 2.25 bits per heavy atom. The lowest BCUT2D eigenvalue weighted by molar-refractivity contribution is -0.138. The van der Waals surface area contributed by atoms with Gasteiger partial charge in [0, 0.05) is 5.56 Å². The Morgan fingerprint density at radius 1 is 1.00 bits per heavy atom. The number of methoxy groups -OCH3 is 1. The molecule has 0 atom stereocenters. The van der Waals surface area contributed by atoms with Gasteiger partial charge in [-0.25, -0.2) is 4.79 Å². The van der Waals surface area contributed by atoms with E-state index in [1.165, 1.54) is 0 Å². The number of esters is 1. The summed E-state index contributed by atoms with van der Waals surface area (Å²) in [5, 5.41) is 0. The van der Waals surface area contributed by atoms with Crippen molar-refractivity contribution in [3.8, 4) is 5.75 Å². The van der Waals surface area contributed by atoms with Crippen LogP contribution in [-0.4, -0.2) is 25.5 Å². The Balaban J connectivity index is 2.36. The van der Waals surface area contributed by atoms with Gasteiger partial charge in [0.05, 0.1) is 13.7 Å². The van der Waals surface area contributed by atoms with E-state index in [1.54, 1.807) is 61.7 Å². The predicted octanol–water partition coefficient (Wildman–Crippen LogP) is 3.91. The van der Waals surface area contributed by atoms with E-state index < -0.39 is 5.97 Å². The molecule has 0 amide bonds. The highest BCUT2D eigenvalue weighted by atomic mass is 16.5. The Hall–Kier alpha value is -2.88. The molecule has 0 radical (unpaired) electrons. The number of carbonyl (C=O) groups excluding carboxylic acids is 2. The first-order chi connectivity index (χ1) is 11.7. The molecule has 0 N–H and O–H groups in total. The number of hydrogen-bond acceptors (Lipinski definition) is 4. The van der Waals surface area contributed by atoms with Crippen molar-refractivity contribution in [2.75, 3.05) is 13.7 Å². The second-order valence-corrected chi connectivity index (χ2v) is 5.16. The van der Waals surface area contributed by atoms with Crippen LogP contribution in [0.5, 0.6) is 5.75 Å². The Morgan fingerprint density at radius 2 is 1.67 bits per heavy atom. The first-order valence-corrected chi connectivity index (χ1v) is 7.78. The molecule has 2 rings (SSSR count). The number of rotatable bonds is 7. The van der Waals surface area contributed by atoms with Gasteiger partial charge in [-0.3, -0.25) is 4.79 Å². The number of benzene rings is 2. The van der Waals surface area contributed by atoms with Gasteiger partial charge in [0.25, 0.3) is 0 Å². The minimum Gasteiger partial charge on any atom is -0.497 e. The van der Waals surface area contributed by atoms with Crippen LogP contribution >= 0.6 is 0 Å². The highest BCUT2D eigenvalue weighted by molar-refractivity contribution is 6.26. The molecular formula is C20H20O4. The van der Waals surface area contributed by atoms with Gasteiger partial charge in [0.2, 0.25) is 0 Å². The van der Waals surface area contributed by atoms with Gasteiger partial charge in [0.15, 0.2) is 5.78 Å². The molecule has 0 aliphatic carbocycles. The smallest absolute Gasteiger partial charge is 0.342 e. The quantitative estimate of drug-likeness (QED) is 0.255. The molecular weight excluding hydrogens is 304 g/mol. The molecule has 2 aromatic carbocycles. The molecule has 24 heavy (non-hydrogen) atoms. The van der Waals surface area contributed by atoms with Gasteiger partial charge in [-0.15, -0.1) is 0 Å². The Kier molecular flexibility index (Phi) is 6.32. The molecule has 4 heteroatoms. The molecule has 0 saturated carbocycles. The maximum absolute atomic E-state index is 12.7. The van der Waals surface area contributed by atoms with E-state index >= 15 is 0 Å². The van der Waals surface area contributed by atoms with Gasteiger partial charge >= 0.3 is 5.97 Å². The summed E-state index contributed by atoms with van der Waals surface area (Å²) in [6.07, 6.45) is 2.24. The zero-order valence-electron chi connectivity index (χ0n) is 13.8. The van der Waals surface area contributed by atoms with Crippen molar-refractivity contribution >= 4 is 17.8 Å². The van der Waals surface area contributed by atoms with Crippen molar-refractivity contribution in [2.45, 2.75) is 13.3 Å². The van der Waals surface area contributed by atoms with Gasteiger partial charge < -0.3 is 9.47 Å². The van der Waals surface area contributed by atoms with Crippen LogP contribution in [0.4, 0.5) is 0 Å². The normalized spacial score (nSPS) is 11.0. The summed E-state index contributed by atoms with van der Waals surface area (Å²) in [6.45, 7) is 2.18. The van der Waals surface area contributed by atoms with Crippen molar-refractivity contribution in [2.24, 2.45) is 0 Å². The van der Waals surface area contributed by atoms with E-state index in [2.05, 4.69) is 0 Å². The van der Waals surface area contributed by atoms with Crippen LogP contribution in [-0.2, 0) is 9.53 Å². The SMILES string of the molecule is CCCOC(=O)/C(=C/c1ccc(OC)cc1)C(=O)c1ccccc1. The van der Waals surface area contributed by atoms with Crippen molar-refractivity contribution in [3.63, 3.8) is 0 Å². The molecule has 2 aromatic rings. The van der Waals surface area contributed by atoms with Crippen molar-refractivity contribution in [1.29, 1.82) is 0 Å². The standard InChI is InChI=1S/C20H20O4/c1-3-13-24-20(22)18(19(21)16-7-5-4-6-8-16)14-15-9-11-17(23-2)12-10-15/h4-12,14H,3,13H2,1-2H3/b18-14+. The molecule has 0 spiro atoms. The summed E-state index contributed by atoms with van der Waals surface area (Å²) in [5.74, 6) is -0.259. The zero-order valence-corrected chi connectivity index (χ0v) is 13.8. The topological polar surface area (TPSA) is 52.6 Å². The fourth-order valence-electron chi connectivity index (χ4n) is 2.10. The third kappa shape index (κ3) is 4.56. The molecule has 0 aliphatic rings. The Bertz CT molecular complexity index is 715. The summed E-state index contributed by atoms with van der Waals surface area (Å²) in [5.41, 5.74) is 1.19. The molecule has 0 fully saturated rings.